The molecule has 2 heterocycles. The van der Waals surface area contributed by atoms with Crippen LogP contribution in [0.25, 0.3) is 98.8 Å². The van der Waals surface area contributed by atoms with Gasteiger partial charge in [0.2, 0.25) is 0 Å². The van der Waals surface area contributed by atoms with Crippen LogP contribution in [0.3, 0.4) is 0 Å². The van der Waals surface area contributed by atoms with Crippen LogP contribution >= 0.6 is 0 Å². The smallest absolute Gasteiger partial charge is 0.136 e. The lowest BCUT2D eigenvalue weighted by Gasteiger charge is -2.19. The van der Waals surface area contributed by atoms with Gasteiger partial charge in [0, 0.05) is 21.5 Å². The number of hydrogen-bond acceptors (Lipinski definition) is 2. The second-order valence-corrected chi connectivity index (χ2v) is 12.0. The van der Waals surface area contributed by atoms with Gasteiger partial charge in [-0.25, -0.2) is 0 Å². The van der Waals surface area contributed by atoms with Gasteiger partial charge in [0.25, 0.3) is 0 Å². The fourth-order valence-electron chi connectivity index (χ4n) is 7.55. The lowest BCUT2D eigenvalue weighted by Crippen LogP contribution is -1.92. The Morgan fingerprint density at radius 1 is 0.283 bits per heavy atom. The van der Waals surface area contributed by atoms with E-state index in [1.165, 1.54) is 49.4 Å². The highest BCUT2D eigenvalue weighted by Gasteiger charge is 2.21. The van der Waals surface area contributed by atoms with E-state index in [0.29, 0.717) is 0 Å². The molecule has 0 N–H and O–H groups in total. The molecule has 0 saturated heterocycles. The number of rotatable bonds is 3. The standard InChI is InChI=1S/C44H26O2/c1-2-12-27(13-3-1)41-30-14-4-5-15-31(30)42(35-19-11-23-40-44(35)34-17-7-9-21-38(34)46-40)32-25-24-28(26-36(32)41)29-18-10-22-39-43(29)33-16-6-8-20-37(33)45-39/h1-26H. The Morgan fingerprint density at radius 3 is 1.46 bits per heavy atom. The van der Waals surface area contributed by atoms with Crippen molar-refractivity contribution in [3.63, 3.8) is 0 Å². The molecule has 214 valence electrons. The fraction of sp³-hybridized carbons (Fsp3) is 0. The molecular formula is C44H26O2. The number of hydrogen-bond donors (Lipinski definition) is 0. The van der Waals surface area contributed by atoms with E-state index in [2.05, 4.69) is 140 Å². The first-order valence-electron chi connectivity index (χ1n) is 15.7. The van der Waals surface area contributed by atoms with Crippen molar-refractivity contribution in [3.8, 4) is 33.4 Å². The first kappa shape index (κ1) is 25.2. The van der Waals surface area contributed by atoms with Crippen molar-refractivity contribution < 1.29 is 8.83 Å². The van der Waals surface area contributed by atoms with E-state index < -0.39 is 0 Å². The Bertz CT molecular complexity index is 2800. The molecule has 0 amide bonds. The Kier molecular flexibility index (Phi) is 5.31. The molecule has 46 heavy (non-hydrogen) atoms. The molecule has 0 atom stereocenters. The Morgan fingerprint density at radius 2 is 0.783 bits per heavy atom. The summed E-state index contributed by atoms with van der Waals surface area (Å²) in [5.41, 5.74) is 10.8. The topological polar surface area (TPSA) is 26.3 Å². The van der Waals surface area contributed by atoms with Gasteiger partial charge in [0.05, 0.1) is 0 Å². The van der Waals surface area contributed by atoms with Gasteiger partial charge < -0.3 is 8.83 Å². The molecule has 2 aromatic heterocycles. The zero-order valence-electron chi connectivity index (χ0n) is 24.8. The normalized spacial score (nSPS) is 11.9. The molecule has 0 bridgehead atoms. The minimum Gasteiger partial charge on any atom is -0.456 e. The van der Waals surface area contributed by atoms with E-state index in [4.69, 9.17) is 8.83 Å². The van der Waals surface area contributed by atoms with Crippen molar-refractivity contribution >= 4 is 65.4 Å². The highest BCUT2D eigenvalue weighted by molar-refractivity contribution is 6.26. The molecule has 0 saturated carbocycles. The molecule has 0 unspecified atom stereocenters. The summed E-state index contributed by atoms with van der Waals surface area (Å²) in [6, 6.07) is 56.1. The van der Waals surface area contributed by atoms with E-state index in [9.17, 15) is 0 Å². The van der Waals surface area contributed by atoms with Gasteiger partial charge in [-0.15, -0.1) is 0 Å². The number of furan rings is 2. The van der Waals surface area contributed by atoms with Crippen molar-refractivity contribution in [1.29, 1.82) is 0 Å². The molecule has 0 radical (unpaired) electrons. The van der Waals surface area contributed by atoms with Gasteiger partial charge in [-0.1, -0.05) is 127 Å². The van der Waals surface area contributed by atoms with Crippen LogP contribution in [0, 0.1) is 0 Å². The largest absolute Gasteiger partial charge is 0.456 e. The minimum absolute atomic E-state index is 0.901. The van der Waals surface area contributed by atoms with Crippen LogP contribution < -0.4 is 0 Å². The maximum atomic E-state index is 6.37. The molecule has 2 nitrogen and oxygen atoms in total. The molecule has 10 rings (SSSR count). The first-order chi connectivity index (χ1) is 22.8. The van der Waals surface area contributed by atoms with E-state index in [1.807, 2.05) is 18.2 Å². The molecule has 0 aliphatic rings. The fourth-order valence-corrected chi connectivity index (χ4v) is 7.55. The average Bonchev–Trinajstić information content (AvgIpc) is 3.69. The van der Waals surface area contributed by atoms with Crippen molar-refractivity contribution in [1.82, 2.24) is 0 Å². The molecule has 0 fully saturated rings. The maximum Gasteiger partial charge on any atom is 0.136 e. The summed E-state index contributed by atoms with van der Waals surface area (Å²) in [5, 5.41) is 9.44. The summed E-state index contributed by atoms with van der Waals surface area (Å²) >= 11 is 0. The van der Waals surface area contributed by atoms with Gasteiger partial charge in [0.15, 0.2) is 0 Å². The van der Waals surface area contributed by atoms with Crippen LogP contribution in [0.5, 0.6) is 0 Å². The summed E-state index contributed by atoms with van der Waals surface area (Å²) < 4.78 is 12.7. The number of fused-ring (bicyclic) bond motifs is 8. The molecule has 10 aromatic rings. The average molecular weight is 587 g/mol. The van der Waals surface area contributed by atoms with Crippen LogP contribution in [0.1, 0.15) is 0 Å². The summed E-state index contributed by atoms with van der Waals surface area (Å²) in [6.45, 7) is 0. The SMILES string of the molecule is c1ccc(-c2c3ccccc3c(-c3cccc4oc5ccccc5c34)c3ccc(-c4cccc5oc6ccccc6c45)cc23)cc1. The molecular weight excluding hydrogens is 560 g/mol. The second-order valence-electron chi connectivity index (χ2n) is 12.0. The van der Waals surface area contributed by atoms with Crippen molar-refractivity contribution in [2.75, 3.05) is 0 Å². The number of para-hydroxylation sites is 2. The summed E-state index contributed by atoms with van der Waals surface area (Å²) in [6.07, 6.45) is 0. The maximum absolute atomic E-state index is 6.37. The van der Waals surface area contributed by atoms with Gasteiger partial charge in [-0.3, -0.25) is 0 Å². The lowest BCUT2D eigenvalue weighted by molar-refractivity contribution is 0.668. The highest BCUT2D eigenvalue weighted by atomic mass is 16.3. The monoisotopic (exact) mass is 586 g/mol. The van der Waals surface area contributed by atoms with E-state index in [0.717, 1.165) is 49.4 Å². The lowest BCUT2D eigenvalue weighted by atomic mass is 9.83. The number of benzene rings is 8. The molecule has 8 aromatic carbocycles. The Balaban J connectivity index is 1.37. The third kappa shape index (κ3) is 3.59. The van der Waals surface area contributed by atoms with Crippen LogP contribution in [0.15, 0.2) is 167 Å². The third-order valence-electron chi connectivity index (χ3n) is 9.47. The predicted molar refractivity (Wildman–Crippen MR) is 192 cm³/mol. The minimum atomic E-state index is 0.901. The van der Waals surface area contributed by atoms with Gasteiger partial charge in [0.1, 0.15) is 22.3 Å². The summed E-state index contributed by atoms with van der Waals surface area (Å²) in [5.74, 6) is 0. The van der Waals surface area contributed by atoms with Crippen molar-refractivity contribution in [3.05, 3.63) is 158 Å². The van der Waals surface area contributed by atoms with Crippen molar-refractivity contribution in [2.45, 2.75) is 0 Å². The quantitative estimate of drug-likeness (QED) is 0.193. The Hall–Kier alpha value is -6.12. The van der Waals surface area contributed by atoms with Gasteiger partial charge >= 0.3 is 0 Å². The molecule has 0 aliphatic carbocycles. The van der Waals surface area contributed by atoms with Crippen LogP contribution in [-0.2, 0) is 0 Å². The van der Waals surface area contributed by atoms with E-state index in [1.54, 1.807) is 0 Å². The molecule has 0 aliphatic heterocycles. The zero-order valence-corrected chi connectivity index (χ0v) is 24.8. The van der Waals surface area contributed by atoms with Crippen LogP contribution in [0.4, 0.5) is 0 Å². The summed E-state index contributed by atoms with van der Waals surface area (Å²) in [7, 11) is 0. The highest BCUT2D eigenvalue weighted by Crippen LogP contribution is 2.48. The van der Waals surface area contributed by atoms with Crippen LogP contribution in [-0.4, -0.2) is 0 Å². The summed E-state index contributed by atoms with van der Waals surface area (Å²) in [4.78, 5) is 0. The van der Waals surface area contributed by atoms with E-state index >= 15 is 0 Å². The van der Waals surface area contributed by atoms with Gasteiger partial charge in [-0.2, -0.15) is 0 Å². The Labute approximate surface area is 264 Å². The van der Waals surface area contributed by atoms with Crippen molar-refractivity contribution in [2.24, 2.45) is 0 Å². The van der Waals surface area contributed by atoms with E-state index in [-0.39, 0.29) is 0 Å². The first-order valence-corrected chi connectivity index (χ1v) is 15.7. The molecule has 2 heteroatoms. The van der Waals surface area contributed by atoms with Crippen LogP contribution in [0.2, 0.25) is 0 Å². The third-order valence-corrected chi connectivity index (χ3v) is 9.47. The molecule has 0 spiro atoms. The second kappa shape index (κ2) is 9.69. The zero-order chi connectivity index (χ0) is 30.2. The van der Waals surface area contributed by atoms with Gasteiger partial charge in [-0.05, 0) is 85.3 Å². The predicted octanol–water partition coefficient (Wildman–Crippen LogP) is 12.8.